The molecule has 32 heavy (non-hydrogen) atoms. The van der Waals surface area contributed by atoms with Crippen LogP contribution in [0, 0.1) is 11.3 Å². The Labute approximate surface area is 194 Å². The van der Waals surface area contributed by atoms with Crippen molar-refractivity contribution in [2.45, 2.75) is 94.9 Å². The van der Waals surface area contributed by atoms with Gasteiger partial charge >= 0.3 is 0 Å². The summed E-state index contributed by atoms with van der Waals surface area (Å²) in [6.07, 6.45) is -0.522. The fourth-order valence-electron chi connectivity index (χ4n) is 4.80. The summed E-state index contributed by atoms with van der Waals surface area (Å²) in [5.74, 6) is 0.262. The molecular formula is C21H39N5O5S. The van der Waals surface area contributed by atoms with Crippen LogP contribution < -0.4 is 5.32 Å². The Bertz CT molecular complexity index is 689. The molecule has 2 saturated heterocycles. The number of carbonyl (C=O) groups is 1. The molecule has 4 N–H and O–H groups in total. The van der Waals surface area contributed by atoms with Gasteiger partial charge in [-0.3, -0.25) is 9.69 Å². The highest BCUT2D eigenvalue weighted by atomic mass is 32.2. The number of thioether (sulfide) groups is 1. The van der Waals surface area contributed by atoms with E-state index < -0.39 is 47.4 Å². The predicted molar refractivity (Wildman–Crippen MR) is 124 cm³/mol. The van der Waals surface area contributed by atoms with Crippen molar-refractivity contribution in [2.75, 3.05) is 19.8 Å². The van der Waals surface area contributed by atoms with Gasteiger partial charge in [-0.15, -0.1) is 11.8 Å². The maximum atomic E-state index is 13.4. The van der Waals surface area contributed by atoms with E-state index in [0.717, 1.165) is 25.8 Å². The van der Waals surface area contributed by atoms with E-state index in [0.29, 0.717) is 5.92 Å². The monoisotopic (exact) mass is 473 g/mol. The number of likely N-dealkylation sites (tertiary alicyclic amines) is 1. The quantitative estimate of drug-likeness (QED) is 0.225. The first-order valence-electron chi connectivity index (χ1n) is 11.3. The van der Waals surface area contributed by atoms with Gasteiger partial charge < -0.3 is 25.4 Å². The molecular weight excluding hydrogens is 434 g/mol. The number of aliphatic hydroxyl groups excluding tert-OH is 3. The molecule has 0 spiro atoms. The number of amides is 1. The minimum Gasteiger partial charge on any atom is -0.388 e. The molecule has 4 unspecified atom stereocenters. The van der Waals surface area contributed by atoms with Crippen LogP contribution in [-0.2, 0) is 9.53 Å². The topological polar surface area (TPSA) is 151 Å². The van der Waals surface area contributed by atoms with Crippen molar-refractivity contribution in [1.29, 1.82) is 0 Å². The summed E-state index contributed by atoms with van der Waals surface area (Å²) in [5.41, 5.74) is 7.38. The molecule has 184 valence electrons. The van der Waals surface area contributed by atoms with Crippen LogP contribution in [0.4, 0.5) is 0 Å². The van der Waals surface area contributed by atoms with Gasteiger partial charge in [0, 0.05) is 17.5 Å². The summed E-state index contributed by atoms with van der Waals surface area (Å²) in [7, 11) is 1.93. The second-order valence-electron chi connectivity index (χ2n) is 9.71. The lowest BCUT2D eigenvalue weighted by molar-refractivity contribution is -0.213. The van der Waals surface area contributed by atoms with E-state index in [9.17, 15) is 20.1 Å². The van der Waals surface area contributed by atoms with E-state index in [1.807, 2.05) is 25.8 Å². The molecule has 0 aromatic rings. The molecule has 2 fully saturated rings. The first-order valence-corrected chi connectivity index (χ1v) is 12.6. The standard InChI is InChI=1S/C21H39N5O5S/c1-7-8-12-9-13(26(5)10-12)19(30)23-18(21(3,4)11(2)24-25-22)17-15(28)14(27)16(29)20(31-17)32-6/h11-18,20,27-29H,7-10H2,1-6H3,(H,23,30)/t11?,12-,13+,14?,15?,16-,17+,18+,20?/m1/s1. The number of nitrogens with one attached hydrogen (secondary N) is 1. The van der Waals surface area contributed by atoms with Gasteiger partial charge in [-0.2, -0.15) is 0 Å². The van der Waals surface area contributed by atoms with Crippen LogP contribution in [0.5, 0.6) is 0 Å². The molecule has 0 aromatic carbocycles. The van der Waals surface area contributed by atoms with E-state index in [4.69, 9.17) is 10.3 Å². The summed E-state index contributed by atoms with van der Waals surface area (Å²) in [5, 5.41) is 38.4. The zero-order chi connectivity index (χ0) is 24.2. The molecule has 0 aliphatic carbocycles. The minimum atomic E-state index is -1.43. The van der Waals surface area contributed by atoms with E-state index in [1.165, 1.54) is 11.8 Å². The van der Waals surface area contributed by atoms with Crippen LogP contribution in [-0.4, -0.2) is 94.0 Å². The van der Waals surface area contributed by atoms with Crippen LogP contribution in [0.1, 0.15) is 47.0 Å². The minimum absolute atomic E-state index is 0.186. The molecule has 2 aliphatic rings. The van der Waals surface area contributed by atoms with Gasteiger partial charge in [0.05, 0.1) is 12.1 Å². The number of hydrogen-bond donors (Lipinski definition) is 4. The number of likely N-dealkylation sites (N-methyl/N-ethyl adjacent to an activating group) is 1. The van der Waals surface area contributed by atoms with E-state index in [-0.39, 0.29) is 11.9 Å². The molecule has 2 rings (SSSR count). The smallest absolute Gasteiger partial charge is 0.237 e. The van der Waals surface area contributed by atoms with Gasteiger partial charge in [0.2, 0.25) is 5.91 Å². The lowest BCUT2D eigenvalue weighted by Crippen LogP contribution is -2.67. The maximum Gasteiger partial charge on any atom is 0.237 e. The summed E-state index contributed by atoms with van der Waals surface area (Å²) < 4.78 is 6.00. The Morgan fingerprint density at radius 2 is 2.00 bits per heavy atom. The van der Waals surface area contributed by atoms with Crippen molar-refractivity contribution in [3.05, 3.63) is 10.4 Å². The molecule has 0 aromatic heterocycles. The first-order chi connectivity index (χ1) is 15.0. The van der Waals surface area contributed by atoms with Crippen molar-refractivity contribution in [3.8, 4) is 0 Å². The molecule has 9 atom stereocenters. The Balaban J connectivity index is 2.35. The first kappa shape index (κ1) is 27.2. The highest BCUT2D eigenvalue weighted by Gasteiger charge is 2.52. The van der Waals surface area contributed by atoms with Gasteiger partial charge in [0.15, 0.2) is 0 Å². The number of ether oxygens (including phenoxy) is 1. The normalized spacial score (nSPS) is 35.7. The fourth-order valence-corrected chi connectivity index (χ4v) is 5.48. The van der Waals surface area contributed by atoms with Crippen LogP contribution >= 0.6 is 11.8 Å². The van der Waals surface area contributed by atoms with Crippen molar-refractivity contribution in [1.82, 2.24) is 10.2 Å². The largest absolute Gasteiger partial charge is 0.388 e. The molecule has 0 bridgehead atoms. The average Bonchev–Trinajstić information content (AvgIpc) is 3.11. The number of hydrogen-bond acceptors (Lipinski definition) is 8. The third kappa shape index (κ3) is 5.70. The third-order valence-electron chi connectivity index (χ3n) is 7.20. The van der Waals surface area contributed by atoms with E-state index >= 15 is 0 Å². The average molecular weight is 474 g/mol. The second-order valence-corrected chi connectivity index (χ2v) is 10.6. The molecule has 10 nitrogen and oxygen atoms in total. The number of aliphatic hydroxyl groups is 3. The maximum absolute atomic E-state index is 13.4. The van der Waals surface area contributed by atoms with Gasteiger partial charge in [-0.25, -0.2) is 0 Å². The highest BCUT2D eigenvalue weighted by Crippen LogP contribution is 2.37. The van der Waals surface area contributed by atoms with Crippen molar-refractivity contribution >= 4 is 17.7 Å². The Morgan fingerprint density at radius 1 is 1.34 bits per heavy atom. The Kier molecular flexibility index (Phi) is 9.66. The van der Waals surface area contributed by atoms with Gasteiger partial charge in [0.1, 0.15) is 29.9 Å². The Morgan fingerprint density at radius 3 is 2.56 bits per heavy atom. The molecule has 2 aliphatic heterocycles. The van der Waals surface area contributed by atoms with Gasteiger partial charge in [-0.05, 0) is 43.0 Å². The third-order valence-corrected chi connectivity index (χ3v) is 8.06. The van der Waals surface area contributed by atoms with Crippen LogP contribution in [0.15, 0.2) is 5.11 Å². The van der Waals surface area contributed by atoms with E-state index in [1.54, 1.807) is 13.2 Å². The van der Waals surface area contributed by atoms with Crippen molar-refractivity contribution in [3.63, 3.8) is 0 Å². The molecule has 2 heterocycles. The van der Waals surface area contributed by atoms with Crippen molar-refractivity contribution in [2.24, 2.45) is 16.4 Å². The lowest BCUT2D eigenvalue weighted by atomic mass is 9.73. The number of carbonyl (C=O) groups excluding carboxylic acids is 1. The Hall–Kier alpha value is -1.07. The van der Waals surface area contributed by atoms with Crippen molar-refractivity contribution < 1.29 is 24.9 Å². The summed E-state index contributed by atoms with van der Waals surface area (Å²) in [4.78, 5) is 18.3. The molecule has 1 amide bonds. The number of azide groups is 1. The number of rotatable bonds is 9. The van der Waals surface area contributed by atoms with Gasteiger partial charge in [-0.1, -0.05) is 39.2 Å². The lowest BCUT2D eigenvalue weighted by Gasteiger charge is -2.49. The summed E-state index contributed by atoms with van der Waals surface area (Å²) >= 11 is 1.21. The zero-order valence-electron chi connectivity index (χ0n) is 19.9. The molecule has 0 radical (unpaired) electrons. The number of nitrogens with zero attached hydrogens (tertiary/aromatic N) is 4. The molecule has 11 heteroatoms. The van der Waals surface area contributed by atoms with Crippen LogP contribution in [0.25, 0.3) is 10.4 Å². The second kappa shape index (κ2) is 11.4. The SMILES string of the molecule is CCC[C@@H]1C[C@@H](C(=O)N[C@@H]([C@H]2OC(SC)[C@H](O)C(O)C2O)C(C)(C)C(C)N=[N+]=[N-])N(C)C1. The van der Waals surface area contributed by atoms with Crippen LogP contribution in [0.2, 0.25) is 0 Å². The van der Waals surface area contributed by atoms with Gasteiger partial charge in [0.25, 0.3) is 0 Å². The predicted octanol–water partition coefficient (Wildman–Crippen LogP) is 1.49. The van der Waals surface area contributed by atoms with Crippen LogP contribution in [0.3, 0.4) is 0 Å². The van der Waals surface area contributed by atoms with E-state index in [2.05, 4.69) is 22.3 Å². The zero-order valence-corrected chi connectivity index (χ0v) is 20.7. The highest BCUT2D eigenvalue weighted by molar-refractivity contribution is 7.99. The molecule has 0 saturated carbocycles. The fraction of sp³-hybridized carbons (Fsp3) is 0.952. The summed E-state index contributed by atoms with van der Waals surface area (Å²) in [6, 6.07) is -1.63. The summed E-state index contributed by atoms with van der Waals surface area (Å²) in [6.45, 7) is 8.38.